The van der Waals surface area contributed by atoms with E-state index in [1.165, 1.54) is 19.1 Å². The number of piperidine rings is 1. The summed E-state index contributed by atoms with van der Waals surface area (Å²) in [7, 11) is 2.87. The zero-order chi connectivity index (χ0) is 29.7. The Morgan fingerprint density at radius 1 is 1.00 bits per heavy atom. The molecular weight excluding hydrogens is 549 g/mol. The molecule has 0 spiro atoms. The summed E-state index contributed by atoms with van der Waals surface area (Å²) in [5, 5.41) is 7.12. The summed E-state index contributed by atoms with van der Waals surface area (Å²) in [5.74, 6) is -3.57. The van der Waals surface area contributed by atoms with E-state index in [9.17, 15) is 27.6 Å². The number of amides is 2. The molecule has 0 radical (unpaired) electrons. The number of hydrogen-bond donors (Lipinski definition) is 1. The Morgan fingerprint density at radius 2 is 1.63 bits per heavy atom. The maximum Gasteiger partial charge on any atom is 0.490 e. The van der Waals surface area contributed by atoms with Gasteiger partial charge >= 0.3 is 18.1 Å². The van der Waals surface area contributed by atoms with E-state index in [-0.39, 0.29) is 24.6 Å². The predicted molar refractivity (Wildman–Crippen MR) is 134 cm³/mol. The van der Waals surface area contributed by atoms with E-state index in [0.29, 0.717) is 13.0 Å². The van der Waals surface area contributed by atoms with Crippen molar-refractivity contribution in [1.29, 1.82) is 0 Å². The molecule has 2 aromatic carbocycles. The number of alkyl halides is 3. The van der Waals surface area contributed by atoms with E-state index >= 15 is 0 Å². The second kappa shape index (κ2) is 10.4. The molecule has 10 nitrogen and oxygen atoms in total. The zero-order valence-corrected chi connectivity index (χ0v) is 22.1. The number of fused-ring (bicyclic) bond motifs is 4. The van der Waals surface area contributed by atoms with Gasteiger partial charge in [-0.2, -0.15) is 13.2 Å². The number of esters is 1. The number of ether oxygens (including phenoxy) is 3. The lowest BCUT2D eigenvalue weighted by Gasteiger charge is -2.44. The number of benzene rings is 2. The molecule has 0 saturated carbocycles. The fourth-order valence-electron chi connectivity index (χ4n) is 6.45. The van der Waals surface area contributed by atoms with E-state index in [1.54, 1.807) is 0 Å². The van der Waals surface area contributed by atoms with Crippen molar-refractivity contribution in [3.63, 3.8) is 0 Å². The molecule has 0 bridgehead atoms. The van der Waals surface area contributed by atoms with Gasteiger partial charge in [-0.25, -0.2) is 4.79 Å². The molecule has 6 rings (SSSR count). The van der Waals surface area contributed by atoms with Gasteiger partial charge in [-0.05, 0) is 54.6 Å². The fraction of sp³-hybridized carbons (Fsp3) is 0.429. The highest BCUT2D eigenvalue weighted by Crippen LogP contribution is 2.58. The lowest BCUT2D eigenvalue weighted by Crippen LogP contribution is -2.59. The molecule has 0 aliphatic carbocycles. The van der Waals surface area contributed by atoms with Crippen molar-refractivity contribution in [3.05, 3.63) is 48.0 Å². The predicted octanol–water partition coefficient (Wildman–Crippen LogP) is 3.40. The van der Waals surface area contributed by atoms with Gasteiger partial charge < -0.3 is 19.3 Å². The number of likely N-dealkylation sites (tertiary alicyclic amines) is 1. The first-order chi connectivity index (χ1) is 19.4. The van der Waals surface area contributed by atoms with E-state index in [0.717, 1.165) is 41.0 Å². The second-order valence-corrected chi connectivity index (χ2v) is 10.2. The van der Waals surface area contributed by atoms with Crippen LogP contribution in [-0.2, 0) is 23.9 Å². The summed E-state index contributed by atoms with van der Waals surface area (Å²) in [4.78, 5) is 51.9. The molecule has 0 aromatic heterocycles. The van der Waals surface area contributed by atoms with Crippen LogP contribution >= 0.6 is 0 Å². The standard InChI is InChI=1S/C26H26N2O6.C2HF3O2/c1-27-23(29)20-21(24(27)30)26(25(31)32-2)11-3-4-12-28(26)22(20)16-7-5-15(6-8-16)17-9-10-18-19(13-17)34-14-33-18;3-2(4,5)1(6)7/h5-10,13,20-22H,3-4,11-12,14H2,1-2H3;(H,6,7)/t20-,21-,22+,26-;/m0./s1. The monoisotopic (exact) mass is 576 g/mol. The molecule has 4 aliphatic rings. The van der Waals surface area contributed by atoms with Crippen LogP contribution in [0.5, 0.6) is 11.5 Å². The van der Waals surface area contributed by atoms with Crippen molar-refractivity contribution in [2.75, 3.05) is 27.5 Å². The van der Waals surface area contributed by atoms with Crippen LogP contribution in [0.15, 0.2) is 42.5 Å². The summed E-state index contributed by atoms with van der Waals surface area (Å²) in [6, 6.07) is 13.5. The van der Waals surface area contributed by atoms with Gasteiger partial charge in [0.15, 0.2) is 11.5 Å². The lowest BCUT2D eigenvalue weighted by molar-refractivity contribution is -0.192. The number of carbonyl (C=O) groups excluding carboxylic acids is 3. The molecule has 2 amide bonds. The molecule has 13 heteroatoms. The quantitative estimate of drug-likeness (QED) is 0.433. The van der Waals surface area contributed by atoms with Crippen molar-refractivity contribution in [2.45, 2.75) is 37.0 Å². The molecule has 1 N–H and O–H groups in total. The molecule has 4 aliphatic heterocycles. The summed E-state index contributed by atoms with van der Waals surface area (Å²) >= 11 is 0. The average Bonchev–Trinajstić information content (AvgIpc) is 3.61. The van der Waals surface area contributed by atoms with Gasteiger partial charge in [-0.3, -0.25) is 24.2 Å². The zero-order valence-electron chi connectivity index (χ0n) is 22.1. The third-order valence-corrected chi connectivity index (χ3v) is 8.22. The van der Waals surface area contributed by atoms with Gasteiger partial charge in [0.05, 0.1) is 18.9 Å². The first-order valence-electron chi connectivity index (χ1n) is 12.9. The summed E-state index contributed by atoms with van der Waals surface area (Å²) in [6.07, 6.45) is -2.85. The third kappa shape index (κ3) is 4.57. The first kappa shape index (κ1) is 28.4. The molecule has 0 unspecified atom stereocenters. The molecule has 3 saturated heterocycles. The lowest BCUT2D eigenvalue weighted by atomic mass is 9.75. The number of carbonyl (C=O) groups is 4. The molecule has 218 valence electrons. The minimum absolute atomic E-state index is 0.223. The minimum atomic E-state index is -5.08. The van der Waals surface area contributed by atoms with Crippen LogP contribution < -0.4 is 9.47 Å². The largest absolute Gasteiger partial charge is 0.490 e. The van der Waals surface area contributed by atoms with Crippen molar-refractivity contribution in [1.82, 2.24) is 9.80 Å². The summed E-state index contributed by atoms with van der Waals surface area (Å²) in [5.41, 5.74) is 1.81. The number of aliphatic carboxylic acids is 1. The van der Waals surface area contributed by atoms with Crippen molar-refractivity contribution >= 4 is 23.8 Å². The van der Waals surface area contributed by atoms with Gasteiger partial charge in [0, 0.05) is 13.1 Å². The van der Waals surface area contributed by atoms with Gasteiger partial charge in [0.2, 0.25) is 18.6 Å². The highest BCUT2D eigenvalue weighted by atomic mass is 19.4. The topological polar surface area (TPSA) is 123 Å². The van der Waals surface area contributed by atoms with Crippen LogP contribution in [0, 0.1) is 11.8 Å². The molecule has 41 heavy (non-hydrogen) atoms. The maximum absolute atomic E-state index is 13.3. The van der Waals surface area contributed by atoms with Gasteiger partial charge in [-0.15, -0.1) is 0 Å². The normalized spacial score (nSPS) is 26.7. The van der Waals surface area contributed by atoms with Gasteiger partial charge in [-0.1, -0.05) is 30.3 Å². The number of imide groups is 1. The maximum atomic E-state index is 13.3. The number of halogens is 3. The number of carboxylic acids is 1. The smallest absolute Gasteiger partial charge is 0.475 e. The molecule has 2 aromatic rings. The Labute approximate surface area is 232 Å². The van der Waals surface area contributed by atoms with Gasteiger partial charge in [0.25, 0.3) is 0 Å². The molecular formula is C28H27F3N2O8. The molecule has 4 atom stereocenters. The van der Waals surface area contributed by atoms with Crippen LogP contribution in [0.1, 0.15) is 30.9 Å². The van der Waals surface area contributed by atoms with Crippen LogP contribution in [0.3, 0.4) is 0 Å². The Kier molecular flexibility index (Phi) is 7.18. The summed E-state index contributed by atoms with van der Waals surface area (Å²) in [6.45, 7) is 0.863. The Morgan fingerprint density at radius 3 is 2.27 bits per heavy atom. The van der Waals surface area contributed by atoms with Crippen LogP contribution in [0.2, 0.25) is 0 Å². The van der Waals surface area contributed by atoms with E-state index in [1.807, 2.05) is 42.5 Å². The number of hydrogen-bond acceptors (Lipinski definition) is 8. The fourth-order valence-corrected chi connectivity index (χ4v) is 6.45. The van der Waals surface area contributed by atoms with E-state index in [2.05, 4.69) is 4.90 Å². The second-order valence-electron chi connectivity index (χ2n) is 10.2. The van der Waals surface area contributed by atoms with Crippen molar-refractivity contribution in [3.8, 4) is 22.6 Å². The highest BCUT2D eigenvalue weighted by molar-refractivity contribution is 6.09. The minimum Gasteiger partial charge on any atom is -0.475 e. The van der Waals surface area contributed by atoms with Crippen LogP contribution in [0.4, 0.5) is 13.2 Å². The number of rotatable bonds is 3. The Balaban J connectivity index is 0.000000431. The van der Waals surface area contributed by atoms with Gasteiger partial charge in [0.1, 0.15) is 5.54 Å². The highest BCUT2D eigenvalue weighted by Gasteiger charge is 2.72. The first-order valence-corrected chi connectivity index (χ1v) is 12.9. The van der Waals surface area contributed by atoms with E-state index < -0.39 is 35.5 Å². The number of methoxy groups -OCH3 is 1. The Bertz CT molecular complexity index is 1400. The van der Waals surface area contributed by atoms with E-state index in [4.69, 9.17) is 24.1 Å². The molecule has 4 heterocycles. The summed E-state index contributed by atoms with van der Waals surface area (Å²) < 4.78 is 47.9. The van der Waals surface area contributed by atoms with Crippen molar-refractivity contribution in [2.24, 2.45) is 11.8 Å². The Hall–Kier alpha value is -4.13. The molecule has 3 fully saturated rings. The van der Waals surface area contributed by atoms with Crippen molar-refractivity contribution < 1.29 is 51.7 Å². The van der Waals surface area contributed by atoms with Crippen LogP contribution in [0.25, 0.3) is 11.1 Å². The third-order valence-electron chi connectivity index (χ3n) is 8.22. The van der Waals surface area contributed by atoms with Crippen LogP contribution in [-0.4, -0.2) is 77.9 Å². The SMILES string of the molecule is COC(=O)[C@@]12CCCCN1[C@H](c1ccc(-c3ccc4c(c3)OCO4)cc1)[C@H]1C(=O)N(C)C(=O)[C@H]12.O=C(O)C(F)(F)F. The number of nitrogens with zero attached hydrogens (tertiary/aromatic N) is 2. The average molecular weight is 577 g/mol. The number of carboxylic acid groups (broad SMARTS) is 1.